The Kier molecular flexibility index (Phi) is 3.58. The first-order valence-electron chi connectivity index (χ1n) is 4.37. The van der Waals surface area contributed by atoms with Crippen molar-refractivity contribution in [1.29, 1.82) is 0 Å². The Labute approximate surface area is 84.1 Å². The smallest absolute Gasteiger partial charge is 0.0640 e. The Bertz CT molecular complexity index is 266. The molecule has 1 unspecified atom stereocenters. The van der Waals surface area contributed by atoms with Gasteiger partial charge in [0.2, 0.25) is 0 Å². The van der Waals surface area contributed by atoms with Crippen LogP contribution in [0, 0.1) is 6.92 Å². The molecular formula is C10H15ClN2. The van der Waals surface area contributed by atoms with Gasteiger partial charge in [-0.15, -0.1) is 0 Å². The normalized spacial score (nSPS) is 12.6. The van der Waals surface area contributed by atoms with Crippen molar-refractivity contribution in [2.75, 3.05) is 11.9 Å². The van der Waals surface area contributed by atoms with Crippen LogP contribution in [0.25, 0.3) is 0 Å². The molecule has 0 saturated heterocycles. The summed E-state index contributed by atoms with van der Waals surface area (Å²) < 4.78 is 0. The molecule has 0 aliphatic carbocycles. The summed E-state index contributed by atoms with van der Waals surface area (Å²) in [6.07, 6.45) is 0. The number of rotatable bonds is 3. The van der Waals surface area contributed by atoms with E-state index < -0.39 is 0 Å². The summed E-state index contributed by atoms with van der Waals surface area (Å²) >= 11 is 6.03. The molecule has 3 N–H and O–H groups in total. The van der Waals surface area contributed by atoms with E-state index >= 15 is 0 Å². The summed E-state index contributed by atoms with van der Waals surface area (Å²) in [6.45, 7) is 4.66. The number of para-hydroxylation sites is 1. The lowest BCUT2D eigenvalue weighted by atomic mass is 10.2. The summed E-state index contributed by atoms with van der Waals surface area (Å²) in [5.74, 6) is 0. The highest BCUT2D eigenvalue weighted by molar-refractivity contribution is 6.33. The predicted molar refractivity (Wildman–Crippen MR) is 58.3 cm³/mol. The standard InChI is InChI=1S/C10H15ClN2/c1-7-4-3-5-9(11)10(7)13-8(2)6-12/h3-5,8,13H,6,12H2,1-2H3. The van der Waals surface area contributed by atoms with Gasteiger partial charge in [-0.2, -0.15) is 0 Å². The fourth-order valence-electron chi connectivity index (χ4n) is 1.12. The van der Waals surface area contributed by atoms with Gasteiger partial charge in [-0.3, -0.25) is 0 Å². The van der Waals surface area contributed by atoms with Crippen LogP contribution in [0.3, 0.4) is 0 Å². The molecule has 0 aromatic heterocycles. The second kappa shape index (κ2) is 4.49. The molecule has 0 fully saturated rings. The zero-order valence-corrected chi connectivity index (χ0v) is 8.73. The summed E-state index contributed by atoms with van der Waals surface area (Å²) in [6, 6.07) is 6.09. The van der Waals surface area contributed by atoms with E-state index in [1.54, 1.807) is 0 Å². The SMILES string of the molecule is Cc1cccc(Cl)c1NC(C)CN. The number of nitrogens with two attached hydrogens (primary N) is 1. The lowest BCUT2D eigenvalue weighted by Crippen LogP contribution is -2.25. The third-order valence-electron chi connectivity index (χ3n) is 1.97. The van der Waals surface area contributed by atoms with Crippen LogP contribution in [0.4, 0.5) is 5.69 Å². The van der Waals surface area contributed by atoms with Gasteiger partial charge in [-0.1, -0.05) is 23.7 Å². The number of hydrogen-bond donors (Lipinski definition) is 2. The summed E-state index contributed by atoms with van der Waals surface area (Å²) in [5.41, 5.74) is 7.65. The van der Waals surface area contributed by atoms with Gasteiger partial charge in [0.25, 0.3) is 0 Å². The van der Waals surface area contributed by atoms with E-state index in [-0.39, 0.29) is 6.04 Å². The van der Waals surface area contributed by atoms with Crippen molar-refractivity contribution in [1.82, 2.24) is 0 Å². The van der Waals surface area contributed by atoms with Crippen LogP contribution in [-0.4, -0.2) is 12.6 Å². The summed E-state index contributed by atoms with van der Waals surface area (Å²) in [5, 5.41) is 4.02. The minimum Gasteiger partial charge on any atom is -0.380 e. The number of halogens is 1. The third kappa shape index (κ3) is 2.61. The van der Waals surface area contributed by atoms with Gasteiger partial charge < -0.3 is 11.1 Å². The minimum atomic E-state index is 0.249. The molecular weight excluding hydrogens is 184 g/mol. The van der Waals surface area contributed by atoms with Gasteiger partial charge in [0, 0.05) is 12.6 Å². The topological polar surface area (TPSA) is 38.0 Å². The Morgan fingerprint density at radius 3 is 2.77 bits per heavy atom. The van der Waals surface area contributed by atoms with Crippen LogP contribution in [0.2, 0.25) is 5.02 Å². The molecule has 1 aromatic rings. The molecule has 1 atom stereocenters. The first kappa shape index (κ1) is 10.4. The molecule has 2 nitrogen and oxygen atoms in total. The van der Waals surface area contributed by atoms with Crippen molar-refractivity contribution in [2.24, 2.45) is 5.73 Å². The van der Waals surface area contributed by atoms with Crippen LogP contribution in [0.15, 0.2) is 18.2 Å². The zero-order valence-electron chi connectivity index (χ0n) is 7.97. The first-order valence-corrected chi connectivity index (χ1v) is 4.74. The molecule has 0 aliphatic heterocycles. The lowest BCUT2D eigenvalue weighted by Gasteiger charge is -2.16. The van der Waals surface area contributed by atoms with Gasteiger partial charge >= 0.3 is 0 Å². The molecule has 0 bridgehead atoms. The molecule has 0 heterocycles. The fraction of sp³-hybridized carbons (Fsp3) is 0.400. The maximum absolute atomic E-state index is 6.03. The first-order chi connectivity index (χ1) is 6.15. The van der Waals surface area contributed by atoms with E-state index in [0.29, 0.717) is 6.54 Å². The van der Waals surface area contributed by atoms with E-state index in [0.717, 1.165) is 16.3 Å². The van der Waals surface area contributed by atoms with E-state index in [1.165, 1.54) is 0 Å². The van der Waals surface area contributed by atoms with Crippen molar-refractivity contribution < 1.29 is 0 Å². The van der Waals surface area contributed by atoms with Crippen molar-refractivity contribution >= 4 is 17.3 Å². The molecule has 0 saturated carbocycles. The highest BCUT2D eigenvalue weighted by atomic mass is 35.5. The van der Waals surface area contributed by atoms with E-state index in [2.05, 4.69) is 5.32 Å². The number of hydrogen-bond acceptors (Lipinski definition) is 2. The lowest BCUT2D eigenvalue weighted by molar-refractivity contribution is 0.803. The molecule has 3 heteroatoms. The highest BCUT2D eigenvalue weighted by Crippen LogP contribution is 2.25. The third-order valence-corrected chi connectivity index (χ3v) is 2.28. The average molecular weight is 199 g/mol. The van der Waals surface area contributed by atoms with Crippen molar-refractivity contribution in [3.05, 3.63) is 28.8 Å². The van der Waals surface area contributed by atoms with Gasteiger partial charge in [0.05, 0.1) is 10.7 Å². The monoisotopic (exact) mass is 198 g/mol. The summed E-state index contributed by atoms with van der Waals surface area (Å²) in [4.78, 5) is 0. The van der Waals surface area contributed by atoms with Crippen molar-refractivity contribution in [3.63, 3.8) is 0 Å². The fourth-order valence-corrected chi connectivity index (χ4v) is 1.40. The average Bonchev–Trinajstić information content (AvgIpc) is 2.11. The maximum atomic E-state index is 6.03. The predicted octanol–water partition coefficient (Wildman–Crippen LogP) is 2.41. The quantitative estimate of drug-likeness (QED) is 0.783. The Hall–Kier alpha value is -0.730. The van der Waals surface area contributed by atoms with Gasteiger partial charge in [-0.05, 0) is 25.5 Å². The van der Waals surface area contributed by atoms with Crippen LogP contribution < -0.4 is 11.1 Å². The van der Waals surface area contributed by atoms with Crippen molar-refractivity contribution in [3.8, 4) is 0 Å². The number of benzene rings is 1. The van der Waals surface area contributed by atoms with Crippen LogP contribution in [-0.2, 0) is 0 Å². The van der Waals surface area contributed by atoms with Crippen molar-refractivity contribution in [2.45, 2.75) is 19.9 Å². The van der Waals surface area contributed by atoms with E-state index in [4.69, 9.17) is 17.3 Å². The molecule has 0 amide bonds. The van der Waals surface area contributed by atoms with Crippen LogP contribution >= 0.6 is 11.6 Å². The van der Waals surface area contributed by atoms with E-state index in [9.17, 15) is 0 Å². The second-order valence-electron chi connectivity index (χ2n) is 3.21. The highest BCUT2D eigenvalue weighted by Gasteiger charge is 2.05. The van der Waals surface area contributed by atoms with Gasteiger partial charge in [0.1, 0.15) is 0 Å². The number of anilines is 1. The molecule has 0 spiro atoms. The summed E-state index contributed by atoms with van der Waals surface area (Å²) in [7, 11) is 0. The Morgan fingerprint density at radius 1 is 1.54 bits per heavy atom. The van der Waals surface area contributed by atoms with E-state index in [1.807, 2.05) is 32.0 Å². The molecule has 1 aromatic carbocycles. The minimum absolute atomic E-state index is 0.249. The largest absolute Gasteiger partial charge is 0.380 e. The Balaban J connectivity index is 2.87. The molecule has 72 valence electrons. The number of nitrogens with one attached hydrogen (secondary N) is 1. The molecule has 0 aliphatic rings. The van der Waals surface area contributed by atoms with Gasteiger partial charge in [0.15, 0.2) is 0 Å². The molecule has 1 rings (SSSR count). The van der Waals surface area contributed by atoms with Gasteiger partial charge in [-0.25, -0.2) is 0 Å². The second-order valence-corrected chi connectivity index (χ2v) is 3.62. The van der Waals surface area contributed by atoms with Crippen LogP contribution in [0.5, 0.6) is 0 Å². The zero-order chi connectivity index (χ0) is 9.84. The Morgan fingerprint density at radius 2 is 2.23 bits per heavy atom. The number of aryl methyl sites for hydroxylation is 1. The van der Waals surface area contributed by atoms with Crippen LogP contribution in [0.1, 0.15) is 12.5 Å². The molecule has 0 radical (unpaired) electrons. The molecule has 13 heavy (non-hydrogen) atoms. The maximum Gasteiger partial charge on any atom is 0.0640 e.